The van der Waals surface area contributed by atoms with Gasteiger partial charge in [0.1, 0.15) is 13.2 Å². The summed E-state index contributed by atoms with van der Waals surface area (Å²) in [6.07, 6.45) is 79.6. The maximum Gasteiger partial charge on any atom is 0.306 e. The van der Waals surface area contributed by atoms with E-state index in [1.54, 1.807) is 0 Å². The maximum atomic E-state index is 12.8. The first-order valence-electron chi connectivity index (χ1n) is 29.4. The summed E-state index contributed by atoms with van der Waals surface area (Å²) in [4.78, 5) is 38.1. The average Bonchev–Trinajstić information content (AvgIpc) is 3.37. The molecular weight excluding hydrogens is 877 g/mol. The lowest BCUT2D eigenvalue weighted by Crippen LogP contribution is -2.30. The lowest BCUT2D eigenvalue weighted by atomic mass is 10.0. The van der Waals surface area contributed by atoms with Crippen molar-refractivity contribution in [2.75, 3.05) is 13.2 Å². The Kier molecular flexibility index (Phi) is 55.4. The number of allylic oxidation sites excluding steroid dienone is 18. The maximum absolute atomic E-state index is 12.8. The molecule has 6 heteroatoms. The SMILES string of the molecule is CC/C=C\C/C=C\C/C=C\C/C=C\CCCCC(=O)OC(COC(=O)CCCCC/C=C\C/C=C\C/C=C\CC)COC(=O)CCCCCCCCCCCCCCC/C=C\C/C=C\CCCCCCC. The van der Waals surface area contributed by atoms with Gasteiger partial charge in [-0.3, -0.25) is 14.4 Å². The van der Waals surface area contributed by atoms with Crippen LogP contribution in [0.1, 0.15) is 265 Å². The van der Waals surface area contributed by atoms with Crippen molar-refractivity contribution in [3.63, 3.8) is 0 Å². The average molecular weight is 986 g/mol. The third kappa shape index (κ3) is 56.9. The molecule has 0 N–H and O–H groups in total. The first-order chi connectivity index (χ1) is 35.0. The summed E-state index contributed by atoms with van der Waals surface area (Å²) in [7, 11) is 0. The van der Waals surface area contributed by atoms with Crippen LogP contribution >= 0.6 is 0 Å². The molecule has 0 fully saturated rings. The third-order valence-electron chi connectivity index (χ3n) is 12.2. The van der Waals surface area contributed by atoms with Gasteiger partial charge in [-0.2, -0.15) is 0 Å². The molecule has 0 bridgehead atoms. The Morgan fingerprint density at radius 3 is 0.901 bits per heavy atom. The first kappa shape index (κ1) is 67.1. The van der Waals surface area contributed by atoms with E-state index < -0.39 is 6.10 Å². The molecule has 0 heterocycles. The lowest BCUT2D eigenvalue weighted by Gasteiger charge is -2.18. The number of carbonyl (C=O) groups is 3. The van der Waals surface area contributed by atoms with Gasteiger partial charge in [0.15, 0.2) is 6.10 Å². The highest BCUT2D eigenvalue weighted by Crippen LogP contribution is 2.15. The highest BCUT2D eigenvalue weighted by molar-refractivity contribution is 5.71. The molecule has 0 radical (unpaired) electrons. The van der Waals surface area contributed by atoms with Crippen molar-refractivity contribution >= 4 is 17.9 Å². The van der Waals surface area contributed by atoms with Crippen molar-refractivity contribution in [3.05, 3.63) is 109 Å². The van der Waals surface area contributed by atoms with Crippen molar-refractivity contribution in [1.82, 2.24) is 0 Å². The quantitative estimate of drug-likeness (QED) is 0.0261. The summed E-state index contributed by atoms with van der Waals surface area (Å²) in [6, 6.07) is 0. The second kappa shape index (κ2) is 58.6. The van der Waals surface area contributed by atoms with E-state index in [-0.39, 0.29) is 37.5 Å². The molecule has 404 valence electrons. The van der Waals surface area contributed by atoms with E-state index >= 15 is 0 Å². The van der Waals surface area contributed by atoms with Gasteiger partial charge in [0.25, 0.3) is 0 Å². The molecule has 0 aromatic rings. The Bertz CT molecular complexity index is 1460. The van der Waals surface area contributed by atoms with Crippen LogP contribution in [-0.2, 0) is 28.6 Å². The predicted molar refractivity (Wildman–Crippen MR) is 307 cm³/mol. The Morgan fingerprint density at radius 1 is 0.296 bits per heavy atom. The summed E-state index contributed by atoms with van der Waals surface area (Å²) >= 11 is 0. The molecular formula is C65H108O6. The number of hydrogen-bond donors (Lipinski definition) is 0. The van der Waals surface area contributed by atoms with Crippen molar-refractivity contribution < 1.29 is 28.6 Å². The van der Waals surface area contributed by atoms with Gasteiger partial charge in [-0.05, 0) is 122 Å². The highest BCUT2D eigenvalue weighted by Gasteiger charge is 2.19. The number of rotatable bonds is 52. The number of unbranched alkanes of at least 4 members (excludes halogenated alkanes) is 23. The van der Waals surface area contributed by atoms with E-state index in [2.05, 4.69) is 130 Å². The lowest BCUT2D eigenvalue weighted by molar-refractivity contribution is -0.167. The van der Waals surface area contributed by atoms with Crippen molar-refractivity contribution in [1.29, 1.82) is 0 Å². The van der Waals surface area contributed by atoms with E-state index in [9.17, 15) is 14.4 Å². The van der Waals surface area contributed by atoms with Gasteiger partial charge in [-0.1, -0.05) is 233 Å². The molecule has 0 aromatic heterocycles. The molecule has 1 atom stereocenters. The van der Waals surface area contributed by atoms with E-state index in [0.29, 0.717) is 19.3 Å². The van der Waals surface area contributed by atoms with Gasteiger partial charge in [0.05, 0.1) is 0 Å². The summed E-state index contributed by atoms with van der Waals surface area (Å²) < 4.78 is 16.8. The Balaban J connectivity index is 4.35. The molecule has 0 saturated heterocycles. The standard InChI is InChI=1S/C65H108O6/c1-4-7-10-13-16-19-22-25-27-28-29-30-31-32-33-34-35-36-38-40-43-46-49-52-55-58-64(67)70-61-62(60-69-63(66)57-54-51-48-45-42-39-24-21-18-15-12-9-6-3)71-65(68)59-56-53-50-47-44-41-37-26-23-20-17-14-11-8-5-2/h8-9,11-12,17-18,20-22,25-26,28-29,37,39,42,44,47,62H,4-7,10,13-16,19,23-24,27,30-36,38,40-41,43,45-46,48-61H2,1-3H3/b11-8-,12-9-,20-17-,21-18-,25-22-,29-28-,37-26-,42-39-,47-44-. The van der Waals surface area contributed by atoms with Crippen LogP contribution in [-0.4, -0.2) is 37.2 Å². The molecule has 0 saturated carbocycles. The number of hydrogen-bond acceptors (Lipinski definition) is 6. The molecule has 0 aliphatic heterocycles. The van der Waals surface area contributed by atoms with Crippen LogP contribution in [0.2, 0.25) is 0 Å². The van der Waals surface area contributed by atoms with Crippen LogP contribution in [0.25, 0.3) is 0 Å². The number of carbonyl (C=O) groups excluding carboxylic acids is 3. The molecule has 0 rings (SSSR count). The molecule has 1 unspecified atom stereocenters. The highest BCUT2D eigenvalue weighted by atomic mass is 16.6. The minimum absolute atomic E-state index is 0.106. The van der Waals surface area contributed by atoms with E-state index in [1.807, 2.05) is 0 Å². The monoisotopic (exact) mass is 985 g/mol. The second-order valence-electron chi connectivity index (χ2n) is 19.1. The van der Waals surface area contributed by atoms with Gasteiger partial charge >= 0.3 is 17.9 Å². The van der Waals surface area contributed by atoms with Crippen LogP contribution in [0, 0.1) is 0 Å². The zero-order chi connectivity index (χ0) is 51.4. The topological polar surface area (TPSA) is 78.9 Å². The zero-order valence-corrected chi connectivity index (χ0v) is 46.2. The predicted octanol–water partition coefficient (Wildman–Crippen LogP) is 19.9. The fourth-order valence-electron chi connectivity index (χ4n) is 7.89. The Labute approximate surface area is 438 Å². The van der Waals surface area contributed by atoms with Gasteiger partial charge in [-0.25, -0.2) is 0 Å². The normalized spacial score (nSPS) is 12.9. The number of esters is 3. The molecule has 0 aliphatic carbocycles. The fourth-order valence-corrected chi connectivity index (χ4v) is 7.89. The van der Waals surface area contributed by atoms with Crippen LogP contribution in [0.3, 0.4) is 0 Å². The van der Waals surface area contributed by atoms with Crippen LogP contribution in [0.15, 0.2) is 109 Å². The zero-order valence-electron chi connectivity index (χ0n) is 46.2. The molecule has 71 heavy (non-hydrogen) atoms. The van der Waals surface area contributed by atoms with E-state index in [1.165, 1.54) is 109 Å². The van der Waals surface area contributed by atoms with E-state index in [0.717, 1.165) is 109 Å². The summed E-state index contributed by atoms with van der Waals surface area (Å²) in [5.74, 6) is -0.979. The minimum Gasteiger partial charge on any atom is -0.462 e. The van der Waals surface area contributed by atoms with Crippen molar-refractivity contribution in [2.45, 2.75) is 271 Å². The summed E-state index contributed by atoms with van der Waals surface area (Å²) in [6.45, 7) is 6.34. The Hall–Kier alpha value is -3.93. The number of ether oxygens (including phenoxy) is 3. The van der Waals surface area contributed by atoms with Crippen LogP contribution < -0.4 is 0 Å². The van der Waals surface area contributed by atoms with E-state index in [4.69, 9.17) is 14.2 Å². The van der Waals surface area contributed by atoms with Crippen molar-refractivity contribution in [2.24, 2.45) is 0 Å². The summed E-state index contributed by atoms with van der Waals surface area (Å²) in [5, 5.41) is 0. The summed E-state index contributed by atoms with van der Waals surface area (Å²) in [5.41, 5.74) is 0. The van der Waals surface area contributed by atoms with Gasteiger partial charge < -0.3 is 14.2 Å². The Morgan fingerprint density at radius 2 is 0.549 bits per heavy atom. The first-order valence-corrected chi connectivity index (χ1v) is 29.4. The molecule has 0 aromatic carbocycles. The molecule has 0 spiro atoms. The molecule has 0 amide bonds. The largest absolute Gasteiger partial charge is 0.462 e. The van der Waals surface area contributed by atoms with Crippen LogP contribution in [0.4, 0.5) is 0 Å². The van der Waals surface area contributed by atoms with Gasteiger partial charge in [0, 0.05) is 19.3 Å². The second-order valence-corrected chi connectivity index (χ2v) is 19.1. The third-order valence-corrected chi connectivity index (χ3v) is 12.2. The fraction of sp³-hybridized carbons (Fsp3) is 0.677. The smallest absolute Gasteiger partial charge is 0.306 e. The molecule has 0 aliphatic rings. The minimum atomic E-state index is -0.814. The van der Waals surface area contributed by atoms with Crippen molar-refractivity contribution in [3.8, 4) is 0 Å². The van der Waals surface area contributed by atoms with Gasteiger partial charge in [-0.15, -0.1) is 0 Å². The van der Waals surface area contributed by atoms with Crippen LogP contribution in [0.5, 0.6) is 0 Å². The van der Waals surface area contributed by atoms with Gasteiger partial charge in [0.2, 0.25) is 0 Å². The molecule has 6 nitrogen and oxygen atoms in total.